The van der Waals surface area contributed by atoms with Gasteiger partial charge in [-0.15, -0.1) is 0 Å². The molecule has 1 aromatic carbocycles. The van der Waals surface area contributed by atoms with Crippen LogP contribution in [0, 0.1) is 0 Å². The van der Waals surface area contributed by atoms with E-state index in [0.29, 0.717) is 6.42 Å². The number of amides is 1. The number of hydrogen-bond acceptors (Lipinski definition) is 2. The Morgan fingerprint density at radius 1 is 1.28 bits per heavy atom. The smallest absolute Gasteiger partial charge is 0.222 e. The van der Waals surface area contributed by atoms with Crippen molar-refractivity contribution < 1.29 is 4.79 Å². The summed E-state index contributed by atoms with van der Waals surface area (Å²) in [4.78, 5) is 14.1. The Kier molecular flexibility index (Phi) is 5.20. The van der Waals surface area contributed by atoms with Crippen molar-refractivity contribution in [3.63, 3.8) is 0 Å². The van der Waals surface area contributed by atoms with Gasteiger partial charge in [-0.05, 0) is 31.0 Å². The Hall–Kier alpha value is -0.870. The van der Waals surface area contributed by atoms with Crippen molar-refractivity contribution in [2.24, 2.45) is 0 Å². The summed E-state index contributed by atoms with van der Waals surface area (Å²) in [7, 11) is 0. The topological polar surface area (TPSA) is 32.3 Å². The number of nitrogens with one attached hydrogen (secondary N) is 1. The normalized spacial score (nSPS) is 16.4. The SMILES string of the molecule is O=C(CCc1ccccc1Br)N1CCCNCC1. The molecule has 0 spiro atoms. The van der Waals surface area contributed by atoms with E-state index in [0.717, 1.165) is 43.5 Å². The summed E-state index contributed by atoms with van der Waals surface area (Å²) >= 11 is 3.52. The highest BCUT2D eigenvalue weighted by molar-refractivity contribution is 9.10. The van der Waals surface area contributed by atoms with Crippen LogP contribution in [0.15, 0.2) is 28.7 Å². The second-order valence-electron chi connectivity index (χ2n) is 4.58. The maximum absolute atomic E-state index is 12.1. The van der Waals surface area contributed by atoms with Crippen molar-refractivity contribution in [3.05, 3.63) is 34.3 Å². The lowest BCUT2D eigenvalue weighted by Crippen LogP contribution is -2.34. The zero-order valence-corrected chi connectivity index (χ0v) is 12.1. The van der Waals surface area contributed by atoms with Gasteiger partial charge in [-0.25, -0.2) is 0 Å². The summed E-state index contributed by atoms with van der Waals surface area (Å²) in [6, 6.07) is 8.10. The van der Waals surface area contributed by atoms with Gasteiger partial charge in [-0.1, -0.05) is 34.1 Å². The summed E-state index contributed by atoms with van der Waals surface area (Å²) in [5.74, 6) is 0.273. The first-order valence-electron chi connectivity index (χ1n) is 6.49. The van der Waals surface area contributed by atoms with E-state index in [4.69, 9.17) is 0 Å². The molecule has 2 rings (SSSR count). The van der Waals surface area contributed by atoms with E-state index < -0.39 is 0 Å². The standard InChI is InChI=1S/C14H19BrN2O/c15-13-5-2-1-4-12(13)6-7-14(18)17-10-3-8-16-9-11-17/h1-2,4-5,16H,3,6-11H2. The fraction of sp³-hybridized carbons (Fsp3) is 0.500. The zero-order valence-electron chi connectivity index (χ0n) is 10.5. The third-order valence-corrected chi connectivity index (χ3v) is 4.03. The lowest BCUT2D eigenvalue weighted by molar-refractivity contribution is -0.130. The van der Waals surface area contributed by atoms with E-state index in [1.807, 2.05) is 23.1 Å². The quantitative estimate of drug-likeness (QED) is 0.928. The van der Waals surface area contributed by atoms with Gasteiger partial charge in [0.05, 0.1) is 0 Å². The second kappa shape index (κ2) is 6.90. The van der Waals surface area contributed by atoms with Gasteiger partial charge in [-0.3, -0.25) is 4.79 Å². The minimum absolute atomic E-state index is 0.273. The molecule has 98 valence electrons. The van der Waals surface area contributed by atoms with Crippen molar-refractivity contribution in [1.29, 1.82) is 0 Å². The molecule has 1 aromatic rings. The molecule has 1 saturated heterocycles. The summed E-state index contributed by atoms with van der Waals surface area (Å²) in [6.07, 6.45) is 2.47. The summed E-state index contributed by atoms with van der Waals surface area (Å²) in [6.45, 7) is 3.67. The Morgan fingerprint density at radius 3 is 2.94 bits per heavy atom. The third-order valence-electron chi connectivity index (χ3n) is 3.26. The summed E-state index contributed by atoms with van der Waals surface area (Å²) in [5.41, 5.74) is 1.21. The van der Waals surface area contributed by atoms with E-state index in [-0.39, 0.29) is 5.91 Å². The molecule has 1 N–H and O–H groups in total. The molecule has 1 aliphatic rings. The number of benzene rings is 1. The van der Waals surface area contributed by atoms with Gasteiger partial charge in [0.2, 0.25) is 5.91 Å². The van der Waals surface area contributed by atoms with Crippen molar-refractivity contribution in [2.45, 2.75) is 19.3 Å². The van der Waals surface area contributed by atoms with Gasteiger partial charge in [0.1, 0.15) is 0 Å². The van der Waals surface area contributed by atoms with Crippen LogP contribution in [0.25, 0.3) is 0 Å². The molecular weight excluding hydrogens is 292 g/mol. The average molecular weight is 311 g/mol. The molecule has 1 amide bonds. The minimum atomic E-state index is 0.273. The van der Waals surface area contributed by atoms with Crippen molar-refractivity contribution >= 4 is 21.8 Å². The van der Waals surface area contributed by atoms with Crippen molar-refractivity contribution in [2.75, 3.05) is 26.2 Å². The van der Waals surface area contributed by atoms with Crippen LogP contribution in [0.3, 0.4) is 0 Å². The maximum atomic E-state index is 12.1. The van der Waals surface area contributed by atoms with Gasteiger partial charge in [0.15, 0.2) is 0 Å². The molecular formula is C14H19BrN2O. The van der Waals surface area contributed by atoms with Crippen LogP contribution in [0.1, 0.15) is 18.4 Å². The number of carbonyl (C=O) groups excluding carboxylic acids is 1. The fourth-order valence-electron chi connectivity index (χ4n) is 2.20. The third kappa shape index (κ3) is 3.82. The Morgan fingerprint density at radius 2 is 2.11 bits per heavy atom. The lowest BCUT2D eigenvalue weighted by Gasteiger charge is -2.20. The molecule has 0 radical (unpaired) electrons. The van der Waals surface area contributed by atoms with Crippen LogP contribution in [0.2, 0.25) is 0 Å². The van der Waals surface area contributed by atoms with E-state index in [9.17, 15) is 4.79 Å². The molecule has 0 aromatic heterocycles. The summed E-state index contributed by atoms with van der Waals surface area (Å²) in [5, 5.41) is 3.31. The van der Waals surface area contributed by atoms with Crippen LogP contribution in [-0.4, -0.2) is 37.0 Å². The maximum Gasteiger partial charge on any atom is 0.222 e. The largest absolute Gasteiger partial charge is 0.341 e. The monoisotopic (exact) mass is 310 g/mol. The van der Waals surface area contributed by atoms with Crippen LogP contribution in [0.4, 0.5) is 0 Å². The number of hydrogen-bond donors (Lipinski definition) is 1. The molecule has 3 nitrogen and oxygen atoms in total. The highest BCUT2D eigenvalue weighted by Gasteiger charge is 2.15. The molecule has 0 unspecified atom stereocenters. The Balaban J connectivity index is 1.86. The predicted octanol–water partition coefficient (Wildman–Crippen LogP) is 2.20. The number of carbonyl (C=O) groups is 1. The van der Waals surface area contributed by atoms with Crippen molar-refractivity contribution in [1.82, 2.24) is 10.2 Å². The first-order chi connectivity index (χ1) is 8.77. The number of nitrogens with zero attached hydrogens (tertiary/aromatic N) is 1. The molecule has 1 heterocycles. The van der Waals surface area contributed by atoms with E-state index in [1.54, 1.807) is 0 Å². The van der Waals surface area contributed by atoms with Crippen LogP contribution < -0.4 is 5.32 Å². The van der Waals surface area contributed by atoms with E-state index in [2.05, 4.69) is 27.3 Å². The van der Waals surface area contributed by atoms with Gasteiger partial charge < -0.3 is 10.2 Å². The second-order valence-corrected chi connectivity index (χ2v) is 5.43. The molecule has 4 heteroatoms. The predicted molar refractivity (Wildman–Crippen MR) is 76.5 cm³/mol. The zero-order chi connectivity index (χ0) is 12.8. The van der Waals surface area contributed by atoms with Crippen LogP contribution in [0.5, 0.6) is 0 Å². The van der Waals surface area contributed by atoms with E-state index >= 15 is 0 Å². The van der Waals surface area contributed by atoms with Gasteiger partial charge in [0.25, 0.3) is 0 Å². The molecule has 0 saturated carbocycles. The Labute approximate surface area is 117 Å². The molecule has 1 aliphatic heterocycles. The van der Waals surface area contributed by atoms with Gasteiger partial charge >= 0.3 is 0 Å². The molecule has 0 bridgehead atoms. The van der Waals surface area contributed by atoms with Crippen molar-refractivity contribution in [3.8, 4) is 0 Å². The first-order valence-corrected chi connectivity index (χ1v) is 7.28. The van der Waals surface area contributed by atoms with Crippen LogP contribution in [-0.2, 0) is 11.2 Å². The van der Waals surface area contributed by atoms with Gasteiger partial charge in [-0.2, -0.15) is 0 Å². The molecule has 0 aliphatic carbocycles. The molecule has 1 fully saturated rings. The van der Waals surface area contributed by atoms with E-state index in [1.165, 1.54) is 5.56 Å². The number of aryl methyl sites for hydroxylation is 1. The number of rotatable bonds is 3. The fourth-order valence-corrected chi connectivity index (χ4v) is 2.68. The minimum Gasteiger partial charge on any atom is -0.341 e. The first kappa shape index (κ1) is 13.6. The molecule has 18 heavy (non-hydrogen) atoms. The Bertz CT molecular complexity index is 401. The van der Waals surface area contributed by atoms with Gasteiger partial charge in [0, 0.05) is 30.5 Å². The van der Waals surface area contributed by atoms with Crippen LogP contribution >= 0.6 is 15.9 Å². The molecule has 0 atom stereocenters. The summed E-state index contributed by atoms with van der Waals surface area (Å²) < 4.78 is 1.09. The number of halogens is 1. The highest BCUT2D eigenvalue weighted by Crippen LogP contribution is 2.17. The highest BCUT2D eigenvalue weighted by atomic mass is 79.9. The average Bonchev–Trinajstić information content (AvgIpc) is 2.66. The lowest BCUT2D eigenvalue weighted by atomic mass is 10.1.